The average molecular weight is 807 g/mol. The van der Waals surface area contributed by atoms with Crippen LogP contribution in [0, 0.1) is 0 Å². The van der Waals surface area contributed by atoms with Gasteiger partial charge in [0.2, 0.25) is 0 Å². The number of anilines is 5. The molecule has 1 aliphatic carbocycles. The third-order valence-corrected chi connectivity index (χ3v) is 12.8. The van der Waals surface area contributed by atoms with E-state index in [9.17, 15) is 0 Å². The van der Waals surface area contributed by atoms with Crippen LogP contribution in [0.3, 0.4) is 0 Å². The highest BCUT2D eigenvalue weighted by atomic mass is 16.3. The van der Waals surface area contributed by atoms with Gasteiger partial charge in [0, 0.05) is 61.8 Å². The van der Waals surface area contributed by atoms with Gasteiger partial charge in [-0.1, -0.05) is 194 Å². The lowest BCUT2D eigenvalue weighted by atomic mass is 9.91. The standard InChI is InChI=1S/C60H42N2O/c1-3-15-41(16-4-1)42-29-35-46(36-30-42)61(47-37-31-44(32-38-47)49-19-7-10-26-56(49)62-57-27-11-8-20-52(57)53-21-9-12-28-58(53)62)48-39-33-45(34-40-48)51-23-14-25-55-54-24-13-22-50(59(54)63-60(51)55)43-17-5-2-6-18-43/h1-40,52,57H. The highest BCUT2D eigenvalue weighted by Gasteiger charge is 2.37. The van der Waals surface area contributed by atoms with E-state index in [0.717, 1.165) is 61.3 Å². The van der Waals surface area contributed by atoms with E-state index >= 15 is 0 Å². The zero-order chi connectivity index (χ0) is 41.7. The monoisotopic (exact) mass is 806 g/mol. The van der Waals surface area contributed by atoms with E-state index in [4.69, 9.17) is 4.42 Å². The molecule has 1 aromatic heterocycles. The second kappa shape index (κ2) is 15.4. The molecule has 0 amide bonds. The topological polar surface area (TPSA) is 19.6 Å². The van der Waals surface area contributed by atoms with Crippen LogP contribution in [0.1, 0.15) is 11.5 Å². The molecule has 2 aliphatic rings. The minimum atomic E-state index is 0.232. The Morgan fingerprint density at radius 3 is 1.41 bits per heavy atom. The molecule has 298 valence electrons. The number of hydrogen-bond acceptors (Lipinski definition) is 3. The molecule has 0 N–H and O–H groups in total. The maximum absolute atomic E-state index is 6.80. The van der Waals surface area contributed by atoms with E-state index in [-0.39, 0.29) is 6.04 Å². The normalized spacial score (nSPS) is 15.1. The molecule has 0 bridgehead atoms. The van der Waals surface area contributed by atoms with Crippen molar-refractivity contribution < 1.29 is 4.42 Å². The Labute approximate surface area is 367 Å². The predicted octanol–water partition coefficient (Wildman–Crippen LogP) is 16.5. The Kier molecular flexibility index (Phi) is 8.97. The van der Waals surface area contributed by atoms with E-state index in [2.05, 4.69) is 252 Å². The fraction of sp³-hybridized carbons (Fsp3) is 0.0333. The van der Waals surface area contributed by atoms with Gasteiger partial charge in [-0.2, -0.15) is 0 Å². The van der Waals surface area contributed by atoms with Crippen LogP contribution in [0.15, 0.2) is 247 Å². The van der Waals surface area contributed by atoms with Crippen LogP contribution in [0.25, 0.3) is 66.4 Å². The molecule has 3 nitrogen and oxygen atoms in total. The van der Waals surface area contributed by atoms with Crippen molar-refractivity contribution in [2.45, 2.75) is 12.0 Å². The Bertz CT molecular complexity index is 3330. The Morgan fingerprint density at radius 2 is 0.794 bits per heavy atom. The van der Waals surface area contributed by atoms with E-state index in [0.29, 0.717) is 5.92 Å². The third-order valence-electron chi connectivity index (χ3n) is 12.8. The lowest BCUT2D eigenvalue weighted by Crippen LogP contribution is -2.28. The zero-order valence-electron chi connectivity index (χ0n) is 34.6. The van der Waals surface area contributed by atoms with Gasteiger partial charge in [0.15, 0.2) is 0 Å². The van der Waals surface area contributed by atoms with Gasteiger partial charge in [-0.25, -0.2) is 0 Å². The third kappa shape index (κ3) is 6.36. The molecular weight excluding hydrogens is 765 g/mol. The summed E-state index contributed by atoms with van der Waals surface area (Å²) >= 11 is 0. The lowest BCUT2D eigenvalue weighted by molar-refractivity contribution is 0.671. The van der Waals surface area contributed by atoms with Crippen LogP contribution in [0.4, 0.5) is 28.4 Å². The van der Waals surface area contributed by atoms with Crippen molar-refractivity contribution in [3.63, 3.8) is 0 Å². The Balaban J connectivity index is 0.926. The van der Waals surface area contributed by atoms with Crippen LogP contribution in [0.5, 0.6) is 0 Å². The highest BCUT2D eigenvalue weighted by molar-refractivity contribution is 6.13. The molecule has 9 aromatic carbocycles. The van der Waals surface area contributed by atoms with Crippen molar-refractivity contribution in [3.8, 4) is 44.5 Å². The largest absolute Gasteiger partial charge is 0.455 e. The van der Waals surface area contributed by atoms with Gasteiger partial charge < -0.3 is 14.2 Å². The molecule has 12 rings (SSSR count). The van der Waals surface area contributed by atoms with Crippen LogP contribution >= 0.6 is 0 Å². The lowest BCUT2D eigenvalue weighted by Gasteiger charge is -2.30. The van der Waals surface area contributed by atoms with Crippen LogP contribution in [-0.4, -0.2) is 6.04 Å². The average Bonchev–Trinajstić information content (AvgIpc) is 3.92. The second-order valence-corrected chi connectivity index (χ2v) is 16.4. The molecule has 3 heteroatoms. The van der Waals surface area contributed by atoms with Gasteiger partial charge >= 0.3 is 0 Å². The minimum absolute atomic E-state index is 0.232. The Morgan fingerprint density at radius 1 is 0.349 bits per heavy atom. The molecule has 0 spiro atoms. The van der Waals surface area contributed by atoms with Crippen LogP contribution in [0.2, 0.25) is 0 Å². The van der Waals surface area contributed by atoms with E-state index in [1.807, 2.05) is 0 Å². The summed E-state index contributed by atoms with van der Waals surface area (Å²) < 4.78 is 6.80. The molecule has 0 saturated heterocycles. The zero-order valence-corrected chi connectivity index (χ0v) is 34.6. The van der Waals surface area contributed by atoms with Gasteiger partial charge in [0.1, 0.15) is 11.2 Å². The number of hydrogen-bond donors (Lipinski definition) is 0. The molecule has 63 heavy (non-hydrogen) atoms. The van der Waals surface area contributed by atoms with Gasteiger partial charge in [0.05, 0.1) is 6.04 Å². The van der Waals surface area contributed by atoms with Gasteiger partial charge in [0.25, 0.3) is 0 Å². The molecule has 2 unspecified atom stereocenters. The van der Waals surface area contributed by atoms with Crippen molar-refractivity contribution in [2.75, 3.05) is 9.80 Å². The fourth-order valence-electron chi connectivity index (χ4n) is 9.85. The van der Waals surface area contributed by atoms with Crippen molar-refractivity contribution in [1.29, 1.82) is 0 Å². The fourth-order valence-corrected chi connectivity index (χ4v) is 9.85. The van der Waals surface area contributed by atoms with Crippen molar-refractivity contribution in [2.24, 2.45) is 0 Å². The first-order chi connectivity index (χ1) is 31.3. The van der Waals surface area contributed by atoms with E-state index in [1.165, 1.54) is 39.2 Å². The summed E-state index contributed by atoms with van der Waals surface area (Å²) in [5, 5.41) is 2.24. The van der Waals surface area contributed by atoms with Gasteiger partial charge in [-0.15, -0.1) is 0 Å². The van der Waals surface area contributed by atoms with Crippen LogP contribution < -0.4 is 9.80 Å². The van der Waals surface area contributed by atoms with Gasteiger partial charge in [-0.3, -0.25) is 0 Å². The highest BCUT2D eigenvalue weighted by Crippen LogP contribution is 2.50. The number of fused-ring (bicyclic) bond motifs is 6. The number of allylic oxidation sites excluding steroid dienone is 2. The maximum atomic E-state index is 6.80. The first-order valence-corrected chi connectivity index (χ1v) is 21.8. The minimum Gasteiger partial charge on any atom is -0.455 e. The molecule has 2 atom stereocenters. The summed E-state index contributed by atoms with van der Waals surface area (Å²) in [6.45, 7) is 0. The number of para-hydroxylation sites is 4. The number of rotatable bonds is 8. The number of furan rings is 1. The molecule has 0 radical (unpaired) electrons. The SMILES string of the molecule is C1=CC2c3ccccc3N(c3ccccc3-c3ccc(N(c4ccc(-c5ccccc5)cc4)c4ccc(-c5cccc6c5oc5c(-c7ccccc7)cccc56)cc4)cc3)C2C=C1. The first-order valence-electron chi connectivity index (χ1n) is 21.8. The van der Waals surface area contributed by atoms with Crippen molar-refractivity contribution >= 4 is 50.4 Å². The van der Waals surface area contributed by atoms with Crippen LogP contribution in [-0.2, 0) is 0 Å². The molecule has 2 heterocycles. The Hall–Kier alpha value is -8.14. The molecule has 10 aromatic rings. The molecular formula is C60H42N2O. The van der Waals surface area contributed by atoms with Crippen molar-refractivity contribution in [3.05, 3.63) is 248 Å². The summed E-state index contributed by atoms with van der Waals surface area (Å²) in [6.07, 6.45) is 9.06. The van der Waals surface area contributed by atoms with E-state index < -0.39 is 0 Å². The van der Waals surface area contributed by atoms with Gasteiger partial charge in [-0.05, 0) is 81.9 Å². The number of benzene rings is 9. The molecule has 0 saturated carbocycles. The molecule has 0 fully saturated rings. The van der Waals surface area contributed by atoms with E-state index in [1.54, 1.807) is 0 Å². The second-order valence-electron chi connectivity index (χ2n) is 16.4. The first kappa shape index (κ1) is 36.7. The maximum Gasteiger partial charge on any atom is 0.143 e. The molecule has 1 aliphatic heterocycles. The summed E-state index contributed by atoms with van der Waals surface area (Å²) in [5.41, 5.74) is 18.1. The predicted molar refractivity (Wildman–Crippen MR) is 264 cm³/mol. The summed E-state index contributed by atoms with van der Waals surface area (Å²) in [6, 6.07) is 78.8. The smallest absolute Gasteiger partial charge is 0.143 e. The summed E-state index contributed by atoms with van der Waals surface area (Å²) in [7, 11) is 0. The summed E-state index contributed by atoms with van der Waals surface area (Å²) in [4.78, 5) is 4.88. The summed E-state index contributed by atoms with van der Waals surface area (Å²) in [5.74, 6) is 0.328. The number of nitrogens with zero attached hydrogens (tertiary/aromatic N) is 2. The van der Waals surface area contributed by atoms with Crippen molar-refractivity contribution in [1.82, 2.24) is 0 Å². The quantitative estimate of drug-likeness (QED) is 0.152.